The third-order valence-electron chi connectivity index (χ3n) is 4.61. The molecular formula is C18H26Cl2N4OS. The van der Waals surface area contributed by atoms with Crippen LogP contribution in [0.5, 0.6) is 0 Å². The van der Waals surface area contributed by atoms with E-state index in [1.165, 1.54) is 28.2 Å². The van der Waals surface area contributed by atoms with Crippen LogP contribution in [0.4, 0.5) is 5.69 Å². The van der Waals surface area contributed by atoms with E-state index in [4.69, 9.17) is 5.73 Å². The predicted molar refractivity (Wildman–Crippen MR) is 113 cm³/mol. The third-order valence-corrected chi connectivity index (χ3v) is 5.52. The van der Waals surface area contributed by atoms with Gasteiger partial charge in [0.15, 0.2) is 0 Å². The van der Waals surface area contributed by atoms with Gasteiger partial charge < -0.3 is 15.5 Å². The van der Waals surface area contributed by atoms with Crippen LogP contribution in [-0.2, 0) is 6.42 Å². The van der Waals surface area contributed by atoms with E-state index in [0.717, 1.165) is 37.6 Å². The summed E-state index contributed by atoms with van der Waals surface area (Å²) in [5.74, 6) is 0.0372. The van der Waals surface area contributed by atoms with Gasteiger partial charge >= 0.3 is 0 Å². The lowest BCUT2D eigenvalue weighted by Crippen LogP contribution is -2.49. The van der Waals surface area contributed by atoms with Crippen LogP contribution >= 0.6 is 36.2 Å². The number of rotatable bonds is 4. The number of hydrogen-bond donors (Lipinski definition) is 1. The average molecular weight is 417 g/mol. The standard InChI is InChI=1S/C18H24N4OS.2ClH/c1-13-4-3-5-16(14(13)2)21-8-10-22(11-9-21)18(23)15-12-24-17(20-15)6-7-19;;/h3-5,12H,6-11,19H2,1-2H3;2*1H. The van der Waals surface area contributed by atoms with E-state index in [0.29, 0.717) is 12.2 Å². The van der Waals surface area contributed by atoms with Crippen molar-refractivity contribution in [1.29, 1.82) is 0 Å². The summed E-state index contributed by atoms with van der Waals surface area (Å²) < 4.78 is 0. The third kappa shape index (κ3) is 4.88. The Kier molecular flexibility index (Phi) is 8.83. The number of piperazine rings is 1. The van der Waals surface area contributed by atoms with Gasteiger partial charge in [-0.25, -0.2) is 4.98 Å². The van der Waals surface area contributed by atoms with Gasteiger partial charge in [0.25, 0.3) is 5.91 Å². The molecule has 1 saturated heterocycles. The summed E-state index contributed by atoms with van der Waals surface area (Å²) in [5, 5.41) is 2.79. The molecule has 0 saturated carbocycles. The van der Waals surface area contributed by atoms with Crippen molar-refractivity contribution in [3.8, 4) is 0 Å². The topological polar surface area (TPSA) is 62.5 Å². The number of aryl methyl sites for hydroxylation is 1. The molecule has 0 unspecified atom stereocenters. The average Bonchev–Trinajstić information content (AvgIpc) is 3.06. The van der Waals surface area contributed by atoms with Crippen molar-refractivity contribution in [2.45, 2.75) is 20.3 Å². The van der Waals surface area contributed by atoms with Gasteiger partial charge in [0.05, 0.1) is 5.01 Å². The maximum Gasteiger partial charge on any atom is 0.273 e. The van der Waals surface area contributed by atoms with Gasteiger partial charge in [-0.05, 0) is 37.6 Å². The van der Waals surface area contributed by atoms with E-state index in [2.05, 4.69) is 41.9 Å². The van der Waals surface area contributed by atoms with Crippen molar-refractivity contribution < 1.29 is 4.79 Å². The Morgan fingerprint density at radius 3 is 2.54 bits per heavy atom. The molecule has 0 spiro atoms. The summed E-state index contributed by atoms with van der Waals surface area (Å²) >= 11 is 1.52. The molecule has 2 N–H and O–H groups in total. The normalized spacial score (nSPS) is 13.8. The van der Waals surface area contributed by atoms with Crippen molar-refractivity contribution in [3.63, 3.8) is 0 Å². The van der Waals surface area contributed by atoms with Crippen LogP contribution in [0.15, 0.2) is 23.6 Å². The van der Waals surface area contributed by atoms with Gasteiger partial charge in [-0.15, -0.1) is 36.2 Å². The number of amides is 1. The first-order valence-corrected chi connectivity index (χ1v) is 9.23. The summed E-state index contributed by atoms with van der Waals surface area (Å²) in [6.07, 6.45) is 0.734. The number of carbonyl (C=O) groups excluding carboxylic acids is 1. The fourth-order valence-electron chi connectivity index (χ4n) is 3.04. The summed E-state index contributed by atoms with van der Waals surface area (Å²) in [4.78, 5) is 21.3. The summed E-state index contributed by atoms with van der Waals surface area (Å²) in [5.41, 5.74) is 10.0. The van der Waals surface area contributed by atoms with Gasteiger partial charge in [0.2, 0.25) is 0 Å². The molecule has 0 aliphatic carbocycles. The molecule has 144 valence electrons. The van der Waals surface area contributed by atoms with Crippen LogP contribution in [-0.4, -0.2) is 48.5 Å². The number of anilines is 1. The van der Waals surface area contributed by atoms with Gasteiger partial charge in [0, 0.05) is 43.7 Å². The van der Waals surface area contributed by atoms with Crippen molar-refractivity contribution >= 4 is 47.7 Å². The number of halogens is 2. The van der Waals surface area contributed by atoms with Gasteiger partial charge in [-0.3, -0.25) is 4.79 Å². The molecule has 2 heterocycles. The SMILES string of the molecule is Cc1cccc(N2CCN(C(=O)c3csc(CCN)n3)CC2)c1C.Cl.Cl. The Morgan fingerprint density at radius 1 is 1.19 bits per heavy atom. The summed E-state index contributed by atoms with van der Waals surface area (Å²) in [7, 11) is 0. The molecular weight excluding hydrogens is 391 g/mol. The number of aromatic nitrogens is 1. The van der Waals surface area contributed by atoms with E-state index in [9.17, 15) is 4.79 Å². The molecule has 26 heavy (non-hydrogen) atoms. The Labute approximate surface area is 171 Å². The molecule has 1 aliphatic rings. The Hall–Kier alpha value is -1.34. The van der Waals surface area contributed by atoms with Crippen LogP contribution in [0.25, 0.3) is 0 Å². The highest BCUT2D eigenvalue weighted by atomic mass is 35.5. The van der Waals surface area contributed by atoms with Crippen LogP contribution in [0.3, 0.4) is 0 Å². The van der Waals surface area contributed by atoms with Crippen molar-refractivity contribution in [3.05, 3.63) is 45.4 Å². The van der Waals surface area contributed by atoms with E-state index in [1.807, 2.05) is 10.3 Å². The fraction of sp³-hybridized carbons (Fsp3) is 0.444. The minimum absolute atomic E-state index is 0. The molecule has 5 nitrogen and oxygen atoms in total. The molecule has 3 rings (SSSR count). The first-order valence-electron chi connectivity index (χ1n) is 8.35. The maximum absolute atomic E-state index is 12.6. The lowest BCUT2D eigenvalue weighted by Gasteiger charge is -2.36. The quantitative estimate of drug-likeness (QED) is 0.831. The van der Waals surface area contributed by atoms with Gasteiger partial charge in [-0.1, -0.05) is 12.1 Å². The van der Waals surface area contributed by atoms with Crippen LogP contribution in [0.2, 0.25) is 0 Å². The number of nitrogens with zero attached hydrogens (tertiary/aromatic N) is 3. The van der Waals surface area contributed by atoms with Crippen molar-refractivity contribution in [2.75, 3.05) is 37.6 Å². The van der Waals surface area contributed by atoms with Crippen molar-refractivity contribution in [2.24, 2.45) is 5.73 Å². The smallest absolute Gasteiger partial charge is 0.273 e. The van der Waals surface area contributed by atoms with Crippen molar-refractivity contribution in [1.82, 2.24) is 9.88 Å². The van der Waals surface area contributed by atoms with Crippen LogP contribution in [0.1, 0.15) is 26.6 Å². The maximum atomic E-state index is 12.6. The highest BCUT2D eigenvalue weighted by Gasteiger charge is 2.24. The Bertz CT molecular complexity index is 730. The van der Waals surface area contributed by atoms with Gasteiger partial charge in [-0.2, -0.15) is 0 Å². The second-order valence-corrected chi connectivity index (χ2v) is 7.11. The minimum atomic E-state index is 0. The Morgan fingerprint density at radius 2 is 1.88 bits per heavy atom. The number of thiazole rings is 1. The molecule has 1 aliphatic heterocycles. The predicted octanol–water partition coefficient (Wildman–Crippen LogP) is 3.07. The van der Waals surface area contributed by atoms with E-state index >= 15 is 0 Å². The minimum Gasteiger partial charge on any atom is -0.368 e. The van der Waals surface area contributed by atoms with E-state index in [-0.39, 0.29) is 30.7 Å². The number of carbonyl (C=O) groups is 1. The lowest BCUT2D eigenvalue weighted by atomic mass is 10.1. The molecule has 1 aromatic carbocycles. The number of benzene rings is 1. The molecule has 2 aromatic rings. The van der Waals surface area contributed by atoms with E-state index in [1.54, 1.807) is 0 Å². The fourth-order valence-corrected chi connectivity index (χ4v) is 3.83. The lowest BCUT2D eigenvalue weighted by molar-refractivity contribution is 0.0741. The summed E-state index contributed by atoms with van der Waals surface area (Å²) in [6.45, 7) is 8.05. The number of nitrogens with two attached hydrogens (primary N) is 1. The molecule has 1 amide bonds. The van der Waals surface area contributed by atoms with Crippen LogP contribution < -0.4 is 10.6 Å². The highest BCUT2D eigenvalue weighted by Crippen LogP contribution is 2.24. The Balaban J connectivity index is 0.00000169. The van der Waals surface area contributed by atoms with E-state index < -0.39 is 0 Å². The zero-order valence-corrected chi connectivity index (χ0v) is 17.6. The molecule has 1 aromatic heterocycles. The first-order chi connectivity index (χ1) is 11.6. The molecule has 1 fully saturated rings. The first kappa shape index (κ1) is 22.7. The highest BCUT2D eigenvalue weighted by molar-refractivity contribution is 7.09. The zero-order valence-electron chi connectivity index (χ0n) is 15.1. The zero-order chi connectivity index (χ0) is 17.1. The van der Waals surface area contributed by atoms with Crippen LogP contribution in [0, 0.1) is 13.8 Å². The number of hydrogen-bond acceptors (Lipinski definition) is 5. The second kappa shape index (κ2) is 10.1. The molecule has 0 radical (unpaired) electrons. The molecule has 0 bridgehead atoms. The summed E-state index contributed by atoms with van der Waals surface area (Å²) in [6, 6.07) is 6.41. The largest absolute Gasteiger partial charge is 0.368 e. The molecule has 0 atom stereocenters. The second-order valence-electron chi connectivity index (χ2n) is 6.16. The molecule has 8 heteroatoms. The van der Waals surface area contributed by atoms with Gasteiger partial charge in [0.1, 0.15) is 5.69 Å². The monoisotopic (exact) mass is 416 g/mol.